The lowest BCUT2D eigenvalue weighted by atomic mass is 9.80. The first-order valence-corrected chi connectivity index (χ1v) is 6.45. The third kappa shape index (κ3) is 2.72. The minimum Gasteiger partial charge on any atom is -0.481 e. The van der Waals surface area contributed by atoms with E-state index in [0.29, 0.717) is 0 Å². The molecular formula is C13H21N3O2. The van der Waals surface area contributed by atoms with Crippen molar-refractivity contribution in [3.63, 3.8) is 0 Å². The summed E-state index contributed by atoms with van der Waals surface area (Å²) >= 11 is 0. The zero-order chi connectivity index (χ0) is 13.2. The Morgan fingerprint density at radius 3 is 2.61 bits per heavy atom. The van der Waals surface area contributed by atoms with Crippen molar-refractivity contribution in [2.24, 2.45) is 5.41 Å². The summed E-state index contributed by atoms with van der Waals surface area (Å²) in [6, 6.07) is 0. The molecule has 0 aromatic carbocycles. The molecule has 0 aliphatic carbocycles. The smallest absolute Gasteiger partial charge is 0.309 e. The number of aryl methyl sites for hydroxylation is 1. The van der Waals surface area contributed by atoms with E-state index in [2.05, 4.69) is 14.5 Å². The van der Waals surface area contributed by atoms with Crippen LogP contribution in [0.15, 0.2) is 12.4 Å². The number of rotatable bonds is 4. The molecule has 0 saturated carbocycles. The first-order chi connectivity index (χ1) is 8.51. The second-order valence-corrected chi connectivity index (χ2v) is 5.38. The van der Waals surface area contributed by atoms with E-state index in [-0.39, 0.29) is 0 Å². The molecule has 0 spiro atoms. The molecule has 0 atom stereocenters. The fourth-order valence-electron chi connectivity index (χ4n) is 2.37. The molecule has 1 fully saturated rings. The van der Waals surface area contributed by atoms with Crippen molar-refractivity contribution in [3.05, 3.63) is 18.2 Å². The Morgan fingerprint density at radius 1 is 1.44 bits per heavy atom. The largest absolute Gasteiger partial charge is 0.481 e. The Balaban J connectivity index is 1.81. The minimum atomic E-state index is -0.660. The average Bonchev–Trinajstić information content (AvgIpc) is 2.74. The molecule has 0 bridgehead atoms. The molecule has 100 valence electrons. The number of carbonyl (C=O) groups is 1. The van der Waals surface area contributed by atoms with Crippen LogP contribution in [0, 0.1) is 12.3 Å². The van der Waals surface area contributed by atoms with Gasteiger partial charge >= 0.3 is 5.97 Å². The van der Waals surface area contributed by atoms with E-state index >= 15 is 0 Å². The number of likely N-dealkylation sites (tertiary alicyclic amines) is 1. The van der Waals surface area contributed by atoms with Crippen LogP contribution in [-0.4, -0.2) is 45.2 Å². The fraction of sp³-hybridized carbons (Fsp3) is 0.692. The fourth-order valence-corrected chi connectivity index (χ4v) is 2.37. The first kappa shape index (κ1) is 13.1. The number of nitrogens with zero attached hydrogens (tertiary/aromatic N) is 3. The lowest BCUT2D eigenvalue weighted by Gasteiger charge is -2.36. The Kier molecular flexibility index (Phi) is 3.71. The minimum absolute atomic E-state index is 0.526. The van der Waals surface area contributed by atoms with Gasteiger partial charge in [0.15, 0.2) is 0 Å². The summed E-state index contributed by atoms with van der Waals surface area (Å²) in [5.74, 6) is 0.370. The molecule has 1 saturated heterocycles. The number of hydrogen-bond acceptors (Lipinski definition) is 3. The lowest BCUT2D eigenvalue weighted by molar-refractivity contribution is -0.150. The number of carboxylic acids is 1. The van der Waals surface area contributed by atoms with Crippen molar-refractivity contribution in [1.29, 1.82) is 0 Å². The third-order valence-corrected chi connectivity index (χ3v) is 4.06. The van der Waals surface area contributed by atoms with Gasteiger partial charge in [0.05, 0.1) is 5.41 Å². The SMILES string of the molecule is Cc1nccn1CCN1CCC(C)(C(=O)O)CC1. The van der Waals surface area contributed by atoms with Crippen LogP contribution in [0.3, 0.4) is 0 Å². The average molecular weight is 251 g/mol. The standard InChI is InChI=1S/C13H21N3O2/c1-11-14-5-8-16(11)10-9-15-6-3-13(2,4-7-15)12(17)18/h5,8H,3-4,6-7,9-10H2,1-2H3,(H,17,18). The summed E-state index contributed by atoms with van der Waals surface area (Å²) in [6.07, 6.45) is 5.28. The Labute approximate surface area is 107 Å². The quantitative estimate of drug-likeness (QED) is 0.878. The van der Waals surface area contributed by atoms with E-state index in [9.17, 15) is 4.79 Å². The number of aromatic nitrogens is 2. The molecule has 2 heterocycles. The van der Waals surface area contributed by atoms with Gasteiger partial charge in [0.1, 0.15) is 5.82 Å². The molecule has 2 rings (SSSR count). The van der Waals surface area contributed by atoms with E-state index < -0.39 is 11.4 Å². The Hall–Kier alpha value is -1.36. The van der Waals surface area contributed by atoms with Gasteiger partial charge in [-0.1, -0.05) is 0 Å². The van der Waals surface area contributed by atoms with Crippen molar-refractivity contribution in [2.75, 3.05) is 19.6 Å². The maximum Gasteiger partial charge on any atom is 0.309 e. The molecule has 1 aromatic heterocycles. The Morgan fingerprint density at radius 2 is 2.11 bits per heavy atom. The maximum atomic E-state index is 11.1. The number of hydrogen-bond donors (Lipinski definition) is 1. The van der Waals surface area contributed by atoms with Crippen LogP contribution in [-0.2, 0) is 11.3 Å². The van der Waals surface area contributed by atoms with Crippen LogP contribution in [0.25, 0.3) is 0 Å². The van der Waals surface area contributed by atoms with Gasteiger partial charge in [0.2, 0.25) is 0 Å². The van der Waals surface area contributed by atoms with Crippen molar-refractivity contribution in [3.8, 4) is 0 Å². The van der Waals surface area contributed by atoms with Gasteiger partial charge in [-0.2, -0.15) is 0 Å². The summed E-state index contributed by atoms with van der Waals surface area (Å²) in [6.45, 7) is 7.49. The van der Waals surface area contributed by atoms with Crippen LogP contribution in [0.2, 0.25) is 0 Å². The number of aliphatic carboxylic acids is 1. The topological polar surface area (TPSA) is 58.4 Å². The van der Waals surface area contributed by atoms with Crippen LogP contribution in [0.5, 0.6) is 0 Å². The van der Waals surface area contributed by atoms with E-state index in [1.54, 1.807) is 0 Å². The summed E-state index contributed by atoms with van der Waals surface area (Å²) in [7, 11) is 0. The van der Waals surface area contributed by atoms with Crippen molar-refractivity contribution in [2.45, 2.75) is 33.2 Å². The highest BCUT2D eigenvalue weighted by Crippen LogP contribution is 2.30. The third-order valence-electron chi connectivity index (χ3n) is 4.06. The van der Waals surface area contributed by atoms with E-state index in [4.69, 9.17) is 5.11 Å². The van der Waals surface area contributed by atoms with E-state index in [1.807, 2.05) is 26.2 Å². The highest BCUT2D eigenvalue weighted by molar-refractivity contribution is 5.74. The van der Waals surface area contributed by atoms with Crippen LogP contribution < -0.4 is 0 Å². The predicted octanol–water partition coefficient (Wildman–Crippen LogP) is 1.38. The van der Waals surface area contributed by atoms with Gasteiger partial charge in [-0.05, 0) is 39.8 Å². The molecule has 18 heavy (non-hydrogen) atoms. The first-order valence-electron chi connectivity index (χ1n) is 6.45. The second-order valence-electron chi connectivity index (χ2n) is 5.38. The molecule has 1 aliphatic heterocycles. The summed E-state index contributed by atoms with van der Waals surface area (Å²) in [5, 5.41) is 9.17. The van der Waals surface area contributed by atoms with E-state index in [0.717, 1.165) is 44.8 Å². The van der Waals surface area contributed by atoms with Gasteiger partial charge in [-0.15, -0.1) is 0 Å². The summed E-state index contributed by atoms with van der Waals surface area (Å²) in [5.41, 5.74) is -0.526. The normalized spacial score (nSPS) is 19.9. The van der Waals surface area contributed by atoms with Gasteiger partial charge in [-0.3, -0.25) is 4.79 Å². The lowest BCUT2D eigenvalue weighted by Crippen LogP contribution is -2.43. The van der Waals surface area contributed by atoms with Crippen LogP contribution in [0.1, 0.15) is 25.6 Å². The number of carboxylic acid groups (broad SMARTS) is 1. The van der Waals surface area contributed by atoms with Gasteiger partial charge < -0.3 is 14.6 Å². The van der Waals surface area contributed by atoms with Gasteiger partial charge in [-0.25, -0.2) is 4.98 Å². The highest BCUT2D eigenvalue weighted by atomic mass is 16.4. The monoisotopic (exact) mass is 251 g/mol. The highest BCUT2D eigenvalue weighted by Gasteiger charge is 2.36. The molecule has 5 heteroatoms. The molecule has 0 amide bonds. The molecule has 1 aliphatic rings. The van der Waals surface area contributed by atoms with Gasteiger partial charge in [0.25, 0.3) is 0 Å². The van der Waals surface area contributed by atoms with Gasteiger partial charge in [0, 0.05) is 25.5 Å². The van der Waals surface area contributed by atoms with Crippen molar-refractivity contribution < 1.29 is 9.90 Å². The molecular weight excluding hydrogens is 230 g/mol. The summed E-state index contributed by atoms with van der Waals surface area (Å²) < 4.78 is 2.13. The van der Waals surface area contributed by atoms with Crippen molar-refractivity contribution in [1.82, 2.24) is 14.5 Å². The Bertz CT molecular complexity index is 420. The molecule has 1 N–H and O–H groups in total. The zero-order valence-electron chi connectivity index (χ0n) is 11.1. The van der Waals surface area contributed by atoms with E-state index in [1.165, 1.54) is 0 Å². The predicted molar refractivity (Wildman–Crippen MR) is 68.4 cm³/mol. The maximum absolute atomic E-state index is 11.1. The molecule has 1 aromatic rings. The number of piperidine rings is 1. The second kappa shape index (κ2) is 5.10. The molecule has 0 unspecified atom stereocenters. The van der Waals surface area contributed by atoms with Crippen molar-refractivity contribution >= 4 is 5.97 Å². The molecule has 5 nitrogen and oxygen atoms in total. The zero-order valence-corrected chi connectivity index (χ0v) is 11.1. The molecule has 0 radical (unpaired) electrons. The van der Waals surface area contributed by atoms with Crippen LogP contribution in [0.4, 0.5) is 0 Å². The summed E-state index contributed by atoms with van der Waals surface area (Å²) in [4.78, 5) is 17.7. The number of imidazole rings is 1. The van der Waals surface area contributed by atoms with Crippen LogP contribution >= 0.6 is 0 Å².